The molecule has 102 valence electrons. The molecule has 1 unspecified atom stereocenters. The first-order chi connectivity index (χ1) is 8.78. The molecule has 0 aromatic carbocycles. The van der Waals surface area contributed by atoms with Crippen LogP contribution in [0.2, 0.25) is 0 Å². The summed E-state index contributed by atoms with van der Waals surface area (Å²) in [6, 6.07) is 1.11. The summed E-state index contributed by atoms with van der Waals surface area (Å²) in [6.45, 7) is 0. The second-order valence-electron chi connectivity index (χ2n) is 6.62. The summed E-state index contributed by atoms with van der Waals surface area (Å²) in [4.78, 5) is 4.79. The fourth-order valence-corrected chi connectivity index (χ4v) is 4.21. The van der Waals surface area contributed by atoms with Crippen LogP contribution in [0, 0.1) is 5.41 Å². The molecule has 1 atom stereocenters. The third-order valence-corrected chi connectivity index (χ3v) is 5.47. The Morgan fingerprint density at radius 3 is 2.28 bits per heavy atom. The molecule has 3 nitrogen and oxygen atoms in total. The number of rotatable bonds is 2. The normalized spacial score (nSPS) is 32.4. The van der Waals surface area contributed by atoms with Gasteiger partial charge in [0.15, 0.2) is 5.96 Å². The van der Waals surface area contributed by atoms with Crippen molar-refractivity contribution in [2.75, 3.05) is 0 Å². The number of nitrogens with one attached hydrogen (secondary N) is 1. The van der Waals surface area contributed by atoms with E-state index >= 15 is 0 Å². The lowest BCUT2D eigenvalue weighted by molar-refractivity contribution is 0.104. The van der Waals surface area contributed by atoms with Crippen LogP contribution in [0.1, 0.15) is 70.6 Å². The Labute approximate surface area is 111 Å². The molecule has 3 aliphatic rings. The molecule has 0 amide bonds. The molecule has 0 radical (unpaired) electrons. The monoisotopic (exact) mass is 249 g/mol. The summed E-state index contributed by atoms with van der Waals surface area (Å²) in [5.74, 6) is 0.720. The van der Waals surface area contributed by atoms with Gasteiger partial charge in [-0.05, 0) is 43.9 Å². The van der Waals surface area contributed by atoms with E-state index in [1.807, 2.05) is 0 Å². The first-order valence-corrected chi connectivity index (χ1v) is 7.88. The first kappa shape index (κ1) is 12.3. The maximum absolute atomic E-state index is 6.10. The third-order valence-electron chi connectivity index (χ3n) is 5.47. The highest BCUT2D eigenvalue weighted by atomic mass is 15.1. The molecule has 3 rings (SSSR count). The van der Waals surface area contributed by atoms with Crippen LogP contribution in [0.3, 0.4) is 0 Å². The van der Waals surface area contributed by atoms with Gasteiger partial charge >= 0.3 is 0 Å². The Balaban J connectivity index is 1.54. The van der Waals surface area contributed by atoms with Crippen molar-refractivity contribution in [2.24, 2.45) is 16.1 Å². The van der Waals surface area contributed by atoms with Crippen molar-refractivity contribution < 1.29 is 0 Å². The van der Waals surface area contributed by atoms with Gasteiger partial charge in [-0.25, -0.2) is 4.99 Å². The van der Waals surface area contributed by atoms with Crippen LogP contribution >= 0.6 is 0 Å². The predicted octanol–water partition coefficient (Wildman–Crippen LogP) is 2.95. The minimum atomic E-state index is 0.524. The Bertz CT molecular complexity index is 312. The fourth-order valence-electron chi connectivity index (χ4n) is 4.21. The Morgan fingerprint density at radius 2 is 1.67 bits per heavy atom. The number of guanidine groups is 1. The van der Waals surface area contributed by atoms with Crippen LogP contribution in [0.4, 0.5) is 0 Å². The highest BCUT2D eigenvalue weighted by Gasteiger charge is 2.48. The maximum Gasteiger partial charge on any atom is 0.189 e. The lowest BCUT2D eigenvalue weighted by Crippen LogP contribution is -2.46. The van der Waals surface area contributed by atoms with Gasteiger partial charge in [0.05, 0.1) is 6.04 Å². The summed E-state index contributed by atoms with van der Waals surface area (Å²) >= 11 is 0. The average molecular weight is 249 g/mol. The van der Waals surface area contributed by atoms with Gasteiger partial charge in [-0.15, -0.1) is 0 Å². The fraction of sp³-hybridized carbons (Fsp3) is 0.933. The van der Waals surface area contributed by atoms with Gasteiger partial charge in [0.1, 0.15) is 0 Å². The third kappa shape index (κ3) is 2.36. The molecule has 1 spiro atoms. The van der Waals surface area contributed by atoms with Gasteiger partial charge in [0.25, 0.3) is 0 Å². The van der Waals surface area contributed by atoms with E-state index in [-0.39, 0.29) is 0 Å². The van der Waals surface area contributed by atoms with E-state index in [2.05, 4.69) is 5.32 Å². The molecule has 3 saturated carbocycles. The molecule has 3 N–H and O–H groups in total. The molecular formula is C15H27N3. The molecule has 3 fully saturated rings. The SMILES string of the molecule is NC(=NC1CCC12CCCC2)NC1CCCCC1. The zero-order valence-corrected chi connectivity index (χ0v) is 11.5. The highest BCUT2D eigenvalue weighted by Crippen LogP contribution is 2.54. The van der Waals surface area contributed by atoms with E-state index in [4.69, 9.17) is 10.7 Å². The van der Waals surface area contributed by atoms with E-state index in [1.54, 1.807) is 0 Å². The predicted molar refractivity (Wildman–Crippen MR) is 75.6 cm³/mol. The van der Waals surface area contributed by atoms with E-state index < -0.39 is 0 Å². The molecule has 3 heteroatoms. The smallest absolute Gasteiger partial charge is 0.189 e. The minimum absolute atomic E-state index is 0.524. The largest absolute Gasteiger partial charge is 0.370 e. The molecule has 3 aliphatic carbocycles. The number of nitrogens with zero attached hydrogens (tertiary/aromatic N) is 1. The summed E-state index contributed by atoms with van der Waals surface area (Å²) in [7, 11) is 0. The molecule has 0 bridgehead atoms. The van der Waals surface area contributed by atoms with E-state index in [9.17, 15) is 0 Å². The van der Waals surface area contributed by atoms with Crippen molar-refractivity contribution in [3.8, 4) is 0 Å². The van der Waals surface area contributed by atoms with Gasteiger partial charge < -0.3 is 11.1 Å². The number of hydrogen-bond donors (Lipinski definition) is 2. The topological polar surface area (TPSA) is 50.4 Å². The quantitative estimate of drug-likeness (QED) is 0.584. The van der Waals surface area contributed by atoms with Crippen molar-refractivity contribution in [2.45, 2.75) is 82.7 Å². The van der Waals surface area contributed by atoms with Crippen LogP contribution in [-0.2, 0) is 0 Å². The lowest BCUT2D eigenvalue weighted by atomic mass is 9.63. The molecular weight excluding hydrogens is 222 g/mol. The number of hydrogen-bond acceptors (Lipinski definition) is 1. The van der Waals surface area contributed by atoms with Gasteiger partial charge in [0, 0.05) is 6.04 Å². The summed E-state index contributed by atoms with van der Waals surface area (Å²) < 4.78 is 0. The van der Waals surface area contributed by atoms with Gasteiger partial charge in [-0.3, -0.25) is 0 Å². The number of nitrogens with two attached hydrogens (primary N) is 1. The Hall–Kier alpha value is -0.730. The highest BCUT2D eigenvalue weighted by molar-refractivity contribution is 5.78. The average Bonchev–Trinajstić information content (AvgIpc) is 2.88. The van der Waals surface area contributed by atoms with Gasteiger partial charge in [-0.1, -0.05) is 32.1 Å². The van der Waals surface area contributed by atoms with Crippen molar-refractivity contribution in [3.05, 3.63) is 0 Å². The van der Waals surface area contributed by atoms with Crippen molar-refractivity contribution in [3.63, 3.8) is 0 Å². The molecule has 18 heavy (non-hydrogen) atoms. The second kappa shape index (κ2) is 5.10. The van der Waals surface area contributed by atoms with Crippen LogP contribution in [0.15, 0.2) is 4.99 Å². The van der Waals surface area contributed by atoms with Crippen LogP contribution in [0.25, 0.3) is 0 Å². The van der Waals surface area contributed by atoms with E-state index in [0.717, 1.165) is 5.96 Å². The summed E-state index contributed by atoms with van der Waals surface area (Å²) in [5.41, 5.74) is 6.66. The second-order valence-corrected chi connectivity index (χ2v) is 6.62. The van der Waals surface area contributed by atoms with Crippen LogP contribution in [0.5, 0.6) is 0 Å². The summed E-state index contributed by atoms with van der Waals surface area (Å²) in [6.07, 6.45) is 14.8. The van der Waals surface area contributed by atoms with Crippen LogP contribution in [-0.4, -0.2) is 18.0 Å². The first-order valence-electron chi connectivity index (χ1n) is 7.88. The molecule has 0 aromatic heterocycles. The Morgan fingerprint density at radius 1 is 0.944 bits per heavy atom. The Kier molecular flexibility index (Phi) is 3.49. The van der Waals surface area contributed by atoms with Crippen molar-refractivity contribution in [1.29, 1.82) is 0 Å². The minimum Gasteiger partial charge on any atom is -0.370 e. The molecule has 0 heterocycles. The lowest BCUT2D eigenvalue weighted by Gasteiger charge is -2.45. The van der Waals surface area contributed by atoms with Gasteiger partial charge in [0.2, 0.25) is 0 Å². The zero-order valence-electron chi connectivity index (χ0n) is 11.5. The number of aliphatic imine (C=N–C) groups is 1. The van der Waals surface area contributed by atoms with Crippen molar-refractivity contribution >= 4 is 5.96 Å². The standard InChI is InChI=1S/C15H27N3/c16-14(17-12-6-2-1-3-7-12)18-13-8-11-15(13)9-4-5-10-15/h12-13H,1-11H2,(H3,16,17,18). The van der Waals surface area contributed by atoms with E-state index in [0.29, 0.717) is 17.5 Å². The van der Waals surface area contributed by atoms with Crippen LogP contribution < -0.4 is 11.1 Å². The van der Waals surface area contributed by atoms with E-state index in [1.165, 1.54) is 70.6 Å². The molecule has 0 aliphatic heterocycles. The maximum atomic E-state index is 6.10. The van der Waals surface area contributed by atoms with Gasteiger partial charge in [-0.2, -0.15) is 0 Å². The summed E-state index contributed by atoms with van der Waals surface area (Å²) in [5, 5.41) is 3.45. The molecule has 0 aromatic rings. The zero-order chi connectivity index (χ0) is 12.4. The van der Waals surface area contributed by atoms with Crippen molar-refractivity contribution in [1.82, 2.24) is 5.32 Å². The molecule has 0 saturated heterocycles.